The van der Waals surface area contributed by atoms with E-state index in [1.165, 1.54) is 5.92 Å². The van der Waals surface area contributed by atoms with E-state index in [1.807, 2.05) is 0 Å². The monoisotopic (exact) mass is 85.1 g/mol. The van der Waals surface area contributed by atoms with Crippen molar-refractivity contribution in [2.24, 2.45) is 5.92 Å². The summed E-state index contributed by atoms with van der Waals surface area (Å²) in [5.41, 5.74) is 0. The Balaban J connectivity index is 2.99. The Kier molecular flexibility index (Phi) is 2.22. The Labute approximate surface area is 40.6 Å². The van der Waals surface area contributed by atoms with Crippen molar-refractivity contribution in [2.45, 2.75) is 27.7 Å². The first-order valence-corrected chi connectivity index (χ1v) is 2.44. The summed E-state index contributed by atoms with van der Waals surface area (Å²) in [6.07, 6.45) is 0. The second kappa shape index (κ2) is 2.22. The molecule has 0 atom stereocenters. The van der Waals surface area contributed by atoms with Gasteiger partial charge in [0.25, 0.3) is 0 Å². The fourth-order valence-electron chi connectivity index (χ4n) is 0. The Morgan fingerprint density at radius 2 is 1.33 bits per heavy atom. The van der Waals surface area contributed by atoms with E-state index in [9.17, 15) is 0 Å². The predicted molar refractivity (Wildman–Crippen MR) is 29.4 cm³/mol. The Morgan fingerprint density at radius 3 is 1.33 bits per heavy atom. The standard InChI is InChI=1S/C6H13/c1-5(2)6(3)4/h5H,1-4H3/q-1. The van der Waals surface area contributed by atoms with Crippen molar-refractivity contribution in [2.75, 3.05) is 0 Å². The maximum atomic E-state index is 2.20. The molecule has 0 heteroatoms. The van der Waals surface area contributed by atoms with E-state index in [2.05, 4.69) is 27.7 Å². The molecule has 0 aromatic rings. The van der Waals surface area contributed by atoms with Crippen LogP contribution in [0.25, 0.3) is 0 Å². The van der Waals surface area contributed by atoms with Crippen LogP contribution in [0.3, 0.4) is 0 Å². The molecule has 0 radical (unpaired) electrons. The van der Waals surface area contributed by atoms with E-state index in [0.29, 0.717) is 0 Å². The van der Waals surface area contributed by atoms with Gasteiger partial charge in [0.2, 0.25) is 0 Å². The normalized spacial score (nSPS) is 11.0. The van der Waals surface area contributed by atoms with Crippen LogP contribution in [0.2, 0.25) is 0 Å². The summed E-state index contributed by atoms with van der Waals surface area (Å²) in [7, 11) is 0. The van der Waals surface area contributed by atoms with Crippen LogP contribution in [0.1, 0.15) is 27.7 Å². The molecule has 0 aliphatic rings. The molecule has 0 aromatic heterocycles. The van der Waals surface area contributed by atoms with E-state index < -0.39 is 0 Å². The first-order chi connectivity index (χ1) is 2.64. The minimum atomic E-state index is 0.769. The zero-order valence-electron chi connectivity index (χ0n) is 5.08. The van der Waals surface area contributed by atoms with Gasteiger partial charge in [-0.1, -0.05) is 13.8 Å². The third-order valence-corrected chi connectivity index (χ3v) is 1.15. The third-order valence-electron chi connectivity index (χ3n) is 1.15. The molecule has 0 rings (SSSR count). The topological polar surface area (TPSA) is 0 Å². The highest BCUT2D eigenvalue weighted by Crippen LogP contribution is 2.08. The van der Waals surface area contributed by atoms with E-state index in [0.717, 1.165) is 5.92 Å². The predicted octanol–water partition coefficient (Wildman–Crippen LogP) is 2.26. The maximum Gasteiger partial charge on any atom is -0.0899 e. The van der Waals surface area contributed by atoms with Crippen LogP contribution >= 0.6 is 0 Å². The lowest BCUT2D eigenvalue weighted by molar-refractivity contribution is 0.670. The number of hydrogen-bond donors (Lipinski definition) is 0. The molecule has 0 N–H and O–H groups in total. The Morgan fingerprint density at radius 1 is 1.17 bits per heavy atom. The fourth-order valence-corrected chi connectivity index (χ4v) is 0. The highest BCUT2D eigenvalue weighted by Gasteiger charge is 1.80. The first kappa shape index (κ1) is 6.00. The molecular formula is C6H13-. The molecule has 0 fully saturated rings. The van der Waals surface area contributed by atoms with Gasteiger partial charge in [-0.3, -0.25) is 0 Å². The van der Waals surface area contributed by atoms with Gasteiger partial charge < -0.3 is 5.92 Å². The second-order valence-corrected chi connectivity index (χ2v) is 2.23. The van der Waals surface area contributed by atoms with E-state index in [1.54, 1.807) is 0 Å². The molecule has 0 aliphatic carbocycles. The molecule has 0 nitrogen and oxygen atoms in total. The van der Waals surface area contributed by atoms with Crippen LogP contribution in [0.4, 0.5) is 0 Å². The zero-order valence-corrected chi connectivity index (χ0v) is 5.08. The van der Waals surface area contributed by atoms with E-state index in [4.69, 9.17) is 0 Å². The van der Waals surface area contributed by atoms with Crippen LogP contribution in [0.5, 0.6) is 0 Å². The zero-order chi connectivity index (χ0) is 5.15. The lowest BCUT2D eigenvalue weighted by Crippen LogP contribution is -1.93. The molecule has 0 saturated carbocycles. The van der Waals surface area contributed by atoms with Crippen molar-refractivity contribution in [3.63, 3.8) is 0 Å². The van der Waals surface area contributed by atoms with Crippen LogP contribution in [-0.4, -0.2) is 0 Å². The summed E-state index contributed by atoms with van der Waals surface area (Å²) >= 11 is 0. The largest absolute Gasteiger partial charge is 0.317 e. The maximum absolute atomic E-state index is 2.20. The van der Waals surface area contributed by atoms with Gasteiger partial charge in [0.15, 0.2) is 0 Å². The second-order valence-electron chi connectivity index (χ2n) is 2.23. The van der Waals surface area contributed by atoms with Gasteiger partial charge in [0.05, 0.1) is 0 Å². The van der Waals surface area contributed by atoms with Crippen LogP contribution in [-0.2, 0) is 0 Å². The summed E-state index contributed by atoms with van der Waals surface area (Å²) in [5, 5.41) is 0. The van der Waals surface area contributed by atoms with E-state index in [-0.39, 0.29) is 0 Å². The SMILES string of the molecule is C[C-](C)C(C)C. The molecule has 0 aromatic carbocycles. The van der Waals surface area contributed by atoms with Gasteiger partial charge >= 0.3 is 0 Å². The molecule has 0 bridgehead atoms. The van der Waals surface area contributed by atoms with Crippen LogP contribution in [0, 0.1) is 11.8 Å². The highest BCUT2D eigenvalue weighted by atomic mass is 14.0. The summed E-state index contributed by atoms with van der Waals surface area (Å²) < 4.78 is 0. The average molecular weight is 85.2 g/mol. The van der Waals surface area contributed by atoms with Crippen molar-refractivity contribution < 1.29 is 0 Å². The van der Waals surface area contributed by atoms with Gasteiger partial charge in [-0.25, -0.2) is 0 Å². The van der Waals surface area contributed by atoms with Crippen molar-refractivity contribution in [1.29, 1.82) is 0 Å². The van der Waals surface area contributed by atoms with Gasteiger partial charge in [0, 0.05) is 0 Å². The van der Waals surface area contributed by atoms with Gasteiger partial charge in [0.1, 0.15) is 0 Å². The van der Waals surface area contributed by atoms with E-state index >= 15 is 0 Å². The smallest absolute Gasteiger partial charge is 0.0899 e. The van der Waals surface area contributed by atoms with Crippen LogP contribution < -0.4 is 0 Å². The summed E-state index contributed by atoms with van der Waals surface area (Å²) in [6.45, 7) is 8.72. The Hall–Kier alpha value is 0. The van der Waals surface area contributed by atoms with Gasteiger partial charge in [-0.15, -0.1) is 0 Å². The molecule has 0 heterocycles. The number of rotatable bonds is 1. The average Bonchev–Trinajstić information content (AvgIpc) is 1.36. The molecule has 0 aliphatic heterocycles. The lowest BCUT2D eigenvalue weighted by atomic mass is 10.0. The fraction of sp³-hybridized carbons (Fsp3) is 0.833. The molecule has 0 spiro atoms. The van der Waals surface area contributed by atoms with Crippen molar-refractivity contribution >= 4 is 0 Å². The van der Waals surface area contributed by atoms with Crippen molar-refractivity contribution in [1.82, 2.24) is 0 Å². The molecular weight excluding hydrogens is 72.1 g/mol. The molecule has 6 heavy (non-hydrogen) atoms. The van der Waals surface area contributed by atoms with Crippen LogP contribution in [0.15, 0.2) is 0 Å². The third kappa shape index (κ3) is 2.25. The molecule has 0 saturated heterocycles. The van der Waals surface area contributed by atoms with Gasteiger partial charge in [-0.2, -0.15) is 19.8 Å². The summed E-state index contributed by atoms with van der Waals surface area (Å²) in [5.74, 6) is 2.28. The molecule has 38 valence electrons. The number of hydrogen-bond acceptors (Lipinski definition) is 0. The van der Waals surface area contributed by atoms with Crippen molar-refractivity contribution in [3.8, 4) is 0 Å². The summed E-state index contributed by atoms with van der Waals surface area (Å²) in [4.78, 5) is 0. The van der Waals surface area contributed by atoms with Crippen molar-refractivity contribution in [3.05, 3.63) is 5.92 Å². The Bertz CT molecular complexity index is 21.0. The lowest BCUT2D eigenvalue weighted by Gasteiger charge is -2.21. The molecule has 0 unspecified atom stereocenters. The first-order valence-electron chi connectivity index (χ1n) is 2.44. The summed E-state index contributed by atoms with van der Waals surface area (Å²) in [6, 6.07) is 0. The van der Waals surface area contributed by atoms with Gasteiger partial charge in [-0.05, 0) is 0 Å². The molecule has 0 amide bonds. The minimum Gasteiger partial charge on any atom is -0.317 e. The highest BCUT2D eigenvalue weighted by molar-refractivity contribution is 4.79. The minimum absolute atomic E-state index is 0.769. The quantitative estimate of drug-likeness (QED) is 0.428.